The van der Waals surface area contributed by atoms with Crippen molar-refractivity contribution in [1.82, 2.24) is 10.2 Å². The number of hydrogen-bond acceptors (Lipinski definition) is 3. The molecule has 0 bridgehead atoms. The lowest BCUT2D eigenvalue weighted by Crippen LogP contribution is -2.52. The fourth-order valence-electron chi connectivity index (χ4n) is 3.41. The van der Waals surface area contributed by atoms with Gasteiger partial charge in [-0.2, -0.15) is 0 Å². The van der Waals surface area contributed by atoms with E-state index in [2.05, 4.69) is 31.1 Å². The Hall–Kier alpha value is -0.610. The van der Waals surface area contributed by atoms with E-state index < -0.39 is 11.5 Å². The molecule has 2 N–H and O–H groups in total. The summed E-state index contributed by atoms with van der Waals surface area (Å²) >= 11 is 0. The highest BCUT2D eigenvalue weighted by molar-refractivity contribution is 5.79. The number of aliphatic carboxylic acids is 1. The van der Waals surface area contributed by atoms with Crippen molar-refractivity contribution in [2.45, 2.75) is 70.0 Å². The van der Waals surface area contributed by atoms with Crippen LogP contribution < -0.4 is 5.32 Å². The van der Waals surface area contributed by atoms with Gasteiger partial charge in [-0.1, -0.05) is 6.92 Å². The molecule has 0 amide bonds. The number of hydrogen-bond donors (Lipinski definition) is 2. The van der Waals surface area contributed by atoms with Crippen LogP contribution in [0.25, 0.3) is 0 Å². The van der Waals surface area contributed by atoms with E-state index in [1.807, 2.05) is 0 Å². The van der Waals surface area contributed by atoms with E-state index in [1.165, 1.54) is 12.8 Å². The Kier molecular flexibility index (Phi) is 4.51. The molecule has 2 aliphatic carbocycles. The summed E-state index contributed by atoms with van der Waals surface area (Å²) in [5, 5.41) is 12.9. The molecule has 4 heteroatoms. The van der Waals surface area contributed by atoms with Crippen molar-refractivity contribution < 1.29 is 9.90 Å². The molecule has 19 heavy (non-hydrogen) atoms. The minimum Gasteiger partial charge on any atom is -0.480 e. The molecule has 4 nitrogen and oxygen atoms in total. The molecular formula is C15H28N2O2. The average Bonchev–Trinajstić information content (AvgIpc) is 3.14. The molecule has 0 saturated heterocycles. The summed E-state index contributed by atoms with van der Waals surface area (Å²) in [7, 11) is 2.17. The number of carboxylic acids is 1. The predicted molar refractivity (Wildman–Crippen MR) is 76.2 cm³/mol. The van der Waals surface area contributed by atoms with Crippen molar-refractivity contribution >= 4 is 5.97 Å². The van der Waals surface area contributed by atoms with Crippen LogP contribution in [0, 0.1) is 5.92 Å². The first-order chi connectivity index (χ1) is 9.00. The van der Waals surface area contributed by atoms with Gasteiger partial charge in [0.2, 0.25) is 0 Å². The molecule has 0 aliphatic heterocycles. The zero-order valence-electron chi connectivity index (χ0n) is 12.5. The van der Waals surface area contributed by atoms with E-state index in [0.29, 0.717) is 12.1 Å². The van der Waals surface area contributed by atoms with E-state index in [0.717, 1.165) is 38.1 Å². The molecule has 0 heterocycles. The zero-order chi connectivity index (χ0) is 14.0. The van der Waals surface area contributed by atoms with Crippen LogP contribution in [0.15, 0.2) is 0 Å². The summed E-state index contributed by atoms with van der Waals surface area (Å²) in [4.78, 5) is 14.1. The number of nitrogens with one attached hydrogen (secondary N) is 1. The van der Waals surface area contributed by atoms with Gasteiger partial charge in [-0.3, -0.25) is 4.79 Å². The third kappa shape index (κ3) is 3.11. The third-order valence-corrected chi connectivity index (χ3v) is 5.13. The first-order valence-corrected chi connectivity index (χ1v) is 7.70. The van der Waals surface area contributed by atoms with Crippen LogP contribution in [-0.2, 0) is 4.79 Å². The lowest BCUT2D eigenvalue weighted by atomic mass is 9.96. The second-order valence-corrected chi connectivity index (χ2v) is 6.45. The fraction of sp³-hybridized carbons (Fsp3) is 0.933. The van der Waals surface area contributed by atoms with Gasteiger partial charge in [-0.15, -0.1) is 0 Å². The highest BCUT2D eigenvalue weighted by Crippen LogP contribution is 2.39. The van der Waals surface area contributed by atoms with Gasteiger partial charge in [-0.05, 0) is 65.0 Å². The average molecular weight is 268 g/mol. The maximum atomic E-state index is 11.6. The Morgan fingerprint density at radius 1 is 1.47 bits per heavy atom. The Balaban J connectivity index is 1.97. The molecule has 2 rings (SSSR count). The summed E-state index contributed by atoms with van der Waals surface area (Å²) in [5.74, 6) is 0.171. The van der Waals surface area contributed by atoms with Crippen LogP contribution in [-0.4, -0.2) is 47.2 Å². The minimum absolute atomic E-state index is 0.413. The molecule has 0 aromatic heterocycles. The van der Waals surface area contributed by atoms with Gasteiger partial charge in [0, 0.05) is 12.1 Å². The van der Waals surface area contributed by atoms with Gasteiger partial charge in [0.15, 0.2) is 0 Å². The first-order valence-electron chi connectivity index (χ1n) is 7.70. The van der Waals surface area contributed by atoms with Gasteiger partial charge in [0.05, 0.1) is 0 Å². The highest BCUT2D eigenvalue weighted by atomic mass is 16.4. The number of carbonyl (C=O) groups is 1. The van der Waals surface area contributed by atoms with Crippen molar-refractivity contribution in [2.75, 3.05) is 13.6 Å². The van der Waals surface area contributed by atoms with Crippen LogP contribution in [0.4, 0.5) is 0 Å². The number of carboxylic acid groups (broad SMARTS) is 1. The summed E-state index contributed by atoms with van der Waals surface area (Å²) in [6.45, 7) is 5.16. The van der Waals surface area contributed by atoms with Crippen LogP contribution in [0.2, 0.25) is 0 Å². The highest BCUT2D eigenvalue weighted by Gasteiger charge is 2.47. The SMILES string of the molecule is CCCNC1(C(=O)O)CCC(N(C)C(C)C2CC2)C1. The number of nitrogens with zero attached hydrogens (tertiary/aromatic N) is 1. The molecule has 0 aromatic rings. The van der Waals surface area contributed by atoms with E-state index in [1.54, 1.807) is 0 Å². The molecule has 2 aliphatic rings. The Bertz CT molecular complexity index is 330. The summed E-state index contributed by atoms with van der Waals surface area (Å²) in [5.41, 5.74) is -0.682. The Morgan fingerprint density at radius 3 is 2.68 bits per heavy atom. The second kappa shape index (κ2) is 5.80. The van der Waals surface area contributed by atoms with Crippen molar-refractivity contribution in [3.05, 3.63) is 0 Å². The largest absolute Gasteiger partial charge is 0.480 e. The van der Waals surface area contributed by atoms with E-state index >= 15 is 0 Å². The zero-order valence-corrected chi connectivity index (χ0v) is 12.5. The third-order valence-electron chi connectivity index (χ3n) is 5.13. The van der Waals surface area contributed by atoms with Crippen molar-refractivity contribution in [3.8, 4) is 0 Å². The van der Waals surface area contributed by atoms with Gasteiger partial charge in [0.25, 0.3) is 0 Å². The second-order valence-electron chi connectivity index (χ2n) is 6.45. The quantitative estimate of drug-likeness (QED) is 0.742. The van der Waals surface area contributed by atoms with Crippen molar-refractivity contribution in [2.24, 2.45) is 5.92 Å². The topological polar surface area (TPSA) is 52.6 Å². The fourth-order valence-corrected chi connectivity index (χ4v) is 3.41. The normalized spacial score (nSPS) is 32.7. The Labute approximate surface area is 116 Å². The summed E-state index contributed by atoms with van der Waals surface area (Å²) in [6, 6.07) is 1.01. The molecule has 3 atom stereocenters. The molecule has 2 fully saturated rings. The molecule has 2 saturated carbocycles. The maximum absolute atomic E-state index is 11.6. The monoisotopic (exact) mass is 268 g/mol. The lowest BCUT2D eigenvalue weighted by Gasteiger charge is -2.32. The molecule has 0 spiro atoms. The van der Waals surface area contributed by atoms with Crippen LogP contribution >= 0.6 is 0 Å². The van der Waals surface area contributed by atoms with Crippen LogP contribution in [0.1, 0.15) is 52.4 Å². The van der Waals surface area contributed by atoms with Gasteiger partial charge >= 0.3 is 5.97 Å². The molecular weight excluding hydrogens is 240 g/mol. The standard InChI is InChI=1S/C15H28N2O2/c1-4-9-16-15(14(18)19)8-7-13(10-15)17(3)11(2)12-5-6-12/h11-13,16H,4-10H2,1-3H3,(H,18,19). The van der Waals surface area contributed by atoms with Crippen molar-refractivity contribution in [3.63, 3.8) is 0 Å². The minimum atomic E-state index is -0.682. The maximum Gasteiger partial charge on any atom is 0.323 e. The number of rotatable bonds is 7. The van der Waals surface area contributed by atoms with Gasteiger partial charge in [-0.25, -0.2) is 0 Å². The van der Waals surface area contributed by atoms with Gasteiger partial charge < -0.3 is 15.3 Å². The van der Waals surface area contributed by atoms with Gasteiger partial charge in [0.1, 0.15) is 5.54 Å². The molecule has 110 valence electrons. The lowest BCUT2D eigenvalue weighted by molar-refractivity contribution is -0.144. The predicted octanol–water partition coefficient (Wildman–Crippen LogP) is 2.09. The summed E-state index contributed by atoms with van der Waals surface area (Å²) < 4.78 is 0. The first kappa shape index (κ1) is 14.8. The van der Waals surface area contributed by atoms with E-state index in [-0.39, 0.29) is 0 Å². The Morgan fingerprint density at radius 2 is 2.16 bits per heavy atom. The van der Waals surface area contributed by atoms with Crippen molar-refractivity contribution in [1.29, 1.82) is 0 Å². The molecule has 3 unspecified atom stereocenters. The molecule has 0 aromatic carbocycles. The molecule has 0 radical (unpaired) electrons. The van der Waals surface area contributed by atoms with E-state index in [9.17, 15) is 9.90 Å². The van der Waals surface area contributed by atoms with Crippen LogP contribution in [0.5, 0.6) is 0 Å². The summed E-state index contributed by atoms with van der Waals surface area (Å²) in [6.07, 6.45) is 6.17. The van der Waals surface area contributed by atoms with E-state index in [4.69, 9.17) is 0 Å². The van der Waals surface area contributed by atoms with Crippen LogP contribution in [0.3, 0.4) is 0 Å². The smallest absolute Gasteiger partial charge is 0.323 e.